The number of carbonyl (C=O) groups excluding carboxylic acids is 2. The van der Waals surface area contributed by atoms with Gasteiger partial charge in [-0.25, -0.2) is 4.98 Å². The molecule has 3 aromatic rings. The van der Waals surface area contributed by atoms with Crippen LogP contribution in [0.2, 0.25) is 0 Å². The molecule has 1 heterocycles. The zero-order chi connectivity index (χ0) is 20.6. The number of amides is 2. The lowest BCUT2D eigenvalue weighted by molar-refractivity contribution is -0.116. The fourth-order valence-electron chi connectivity index (χ4n) is 2.83. The second kappa shape index (κ2) is 9.61. The summed E-state index contributed by atoms with van der Waals surface area (Å²) in [6.45, 7) is 0.847. The normalized spacial score (nSPS) is 10.7. The Labute approximate surface area is 167 Å². The average molecular weight is 394 g/mol. The first-order chi connectivity index (χ1) is 14.1. The number of nitrogens with zero attached hydrogens (tertiary/aromatic N) is 2. The lowest BCUT2D eigenvalue weighted by Gasteiger charge is -2.14. The van der Waals surface area contributed by atoms with Gasteiger partial charge in [-0.05, 0) is 24.1 Å². The van der Waals surface area contributed by atoms with Gasteiger partial charge in [0.1, 0.15) is 0 Å². The van der Waals surface area contributed by atoms with E-state index in [0.29, 0.717) is 30.5 Å². The van der Waals surface area contributed by atoms with Crippen LogP contribution in [0, 0.1) is 0 Å². The van der Waals surface area contributed by atoms with Crippen molar-refractivity contribution in [2.75, 3.05) is 25.7 Å². The molecular formula is C21H22N4O4. The number of hydrogen-bond donors (Lipinski definition) is 2. The highest BCUT2D eigenvalue weighted by Crippen LogP contribution is 2.08. The Kier molecular flexibility index (Phi) is 6.70. The molecule has 0 aliphatic carbocycles. The van der Waals surface area contributed by atoms with Crippen molar-refractivity contribution < 1.29 is 14.3 Å². The van der Waals surface area contributed by atoms with Crippen LogP contribution >= 0.6 is 0 Å². The molecule has 0 radical (unpaired) electrons. The molecule has 0 saturated heterocycles. The third kappa shape index (κ3) is 5.05. The van der Waals surface area contributed by atoms with E-state index >= 15 is 0 Å². The Morgan fingerprint density at radius 1 is 1.07 bits per heavy atom. The van der Waals surface area contributed by atoms with Gasteiger partial charge >= 0.3 is 0 Å². The number of carbonyl (C=O) groups is 2. The minimum Gasteiger partial charge on any atom is -0.385 e. The number of rotatable bonds is 8. The fourth-order valence-corrected chi connectivity index (χ4v) is 2.83. The number of benzene rings is 2. The van der Waals surface area contributed by atoms with E-state index in [2.05, 4.69) is 15.7 Å². The van der Waals surface area contributed by atoms with Crippen LogP contribution < -0.4 is 16.3 Å². The van der Waals surface area contributed by atoms with Gasteiger partial charge in [-0.2, -0.15) is 4.68 Å². The summed E-state index contributed by atoms with van der Waals surface area (Å²) in [5.41, 5.74) is 3.18. The quantitative estimate of drug-likeness (QED) is 0.564. The molecule has 1 aromatic heterocycles. The van der Waals surface area contributed by atoms with Crippen LogP contribution in [0.4, 0.5) is 0 Å². The molecule has 0 atom stereocenters. The van der Waals surface area contributed by atoms with E-state index in [0.717, 1.165) is 10.2 Å². The highest BCUT2D eigenvalue weighted by molar-refractivity contribution is 5.94. The van der Waals surface area contributed by atoms with E-state index in [-0.39, 0.29) is 12.2 Å². The van der Waals surface area contributed by atoms with Crippen molar-refractivity contribution in [3.05, 3.63) is 76.3 Å². The number of fused-ring (bicyclic) bond motifs is 1. The van der Waals surface area contributed by atoms with Crippen molar-refractivity contribution in [2.24, 2.45) is 0 Å². The summed E-state index contributed by atoms with van der Waals surface area (Å²) < 4.78 is 5.88. The van der Waals surface area contributed by atoms with E-state index in [1.54, 1.807) is 31.4 Å². The van der Waals surface area contributed by atoms with Gasteiger partial charge in [-0.15, -0.1) is 0 Å². The molecule has 8 heteroatoms. The largest absolute Gasteiger partial charge is 0.385 e. The molecule has 29 heavy (non-hydrogen) atoms. The molecule has 2 aromatic carbocycles. The van der Waals surface area contributed by atoms with Crippen LogP contribution in [0.5, 0.6) is 0 Å². The SMILES string of the molecule is COCCCNC(=O)c1nc2ccccc2c(=O)n1NC(=O)Cc1ccccc1. The van der Waals surface area contributed by atoms with Gasteiger partial charge in [0.25, 0.3) is 11.5 Å². The molecule has 0 aliphatic rings. The van der Waals surface area contributed by atoms with Crippen molar-refractivity contribution in [2.45, 2.75) is 12.8 Å². The Balaban J connectivity index is 1.90. The Bertz CT molecular complexity index is 1060. The van der Waals surface area contributed by atoms with Gasteiger partial charge < -0.3 is 10.1 Å². The maximum atomic E-state index is 12.9. The van der Waals surface area contributed by atoms with Crippen molar-refractivity contribution in [3.8, 4) is 0 Å². The molecule has 0 bridgehead atoms. The van der Waals surface area contributed by atoms with Crippen LogP contribution in [-0.4, -0.2) is 41.7 Å². The third-order valence-electron chi connectivity index (χ3n) is 4.23. The van der Waals surface area contributed by atoms with Crippen LogP contribution in [0.3, 0.4) is 0 Å². The van der Waals surface area contributed by atoms with E-state index in [1.165, 1.54) is 0 Å². The first kappa shape index (κ1) is 20.2. The van der Waals surface area contributed by atoms with Gasteiger partial charge in [0.05, 0.1) is 17.3 Å². The molecule has 2 N–H and O–H groups in total. The van der Waals surface area contributed by atoms with Crippen LogP contribution in [-0.2, 0) is 16.0 Å². The van der Waals surface area contributed by atoms with Crippen LogP contribution in [0.25, 0.3) is 10.9 Å². The van der Waals surface area contributed by atoms with Crippen LogP contribution in [0.15, 0.2) is 59.4 Å². The zero-order valence-electron chi connectivity index (χ0n) is 16.1. The number of nitrogens with one attached hydrogen (secondary N) is 2. The summed E-state index contributed by atoms with van der Waals surface area (Å²) in [4.78, 5) is 42.4. The van der Waals surface area contributed by atoms with Gasteiger partial charge in [-0.3, -0.25) is 19.8 Å². The maximum Gasteiger partial charge on any atom is 0.289 e. The van der Waals surface area contributed by atoms with Crippen LogP contribution in [0.1, 0.15) is 22.6 Å². The fraction of sp³-hybridized carbons (Fsp3) is 0.238. The molecule has 0 unspecified atom stereocenters. The molecule has 0 aliphatic heterocycles. The maximum absolute atomic E-state index is 12.9. The van der Waals surface area contributed by atoms with E-state index < -0.39 is 17.4 Å². The van der Waals surface area contributed by atoms with E-state index in [1.807, 2.05) is 30.3 Å². The van der Waals surface area contributed by atoms with Crippen molar-refractivity contribution in [1.29, 1.82) is 0 Å². The Hall–Kier alpha value is -3.52. The zero-order valence-corrected chi connectivity index (χ0v) is 16.1. The van der Waals surface area contributed by atoms with E-state index in [4.69, 9.17) is 4.74 Å². The van der Waals surface area contributed by atoms with Gasteiger partial charge in [0.15, 0.2) is 0 Å². The molecule has 0 fully saturated rings. The smallest absolute Gasteiger partial charge is 0.289 e. The minimum absolute atomic E-state index is 0.0645. The highest BCUT2D eigenvalue weighted by atomic mass is 16.5. The highest BCUT2D eigenvalue weighted by Gasteiger charge is 2.19. The summed E-state index contributed by atoms with van der Waals surface area (Å²) >= 11 is 0. The Morgan fingerprint density at radius 2 is 1.79 bits per heavy atom. The average Bonchev–Trinajstić information content (AvgIpc) is 2.73. The monoisotopic (exact) mass is 394 g/mol. The number of para-hydroxylation sites is 1. The first-order valence-corrected chi connectivity index (χ1v) is 9.23. The summed E-state index contributed by atoms with van der Waals surface area (Å²) in [6.07, 6.45) is 0.676. The number of methoxy groups -OCH3 is 1. The number of hydrogen-bond acceptors (Lipinski definition) is 5. The van der Waals surface area contributed by atoms with Crippen molar-refractivity contribution in [3.63, 3.8) is 0 Å². The summed E-state index contributed by atoms with van der Waals surface area (Å²) in [6, 6.07) is 15.8. The molecule has 3 rings (SSSR count). The lowest BCUT2D eigenvalue weighted by atomic mass is 10.1. The summed E-state index contributed by atoms with van der Waals surface area (Å²) in [7, 11) is 1.58. The molecular weight excluding hydrogens is 372 g/mol. The molecule has 150 valence electrons. The summed E-state index contributed by atoms with van der Waals surface area (Å²) in [5, 5.41) is 3.01. The summed E-state index contributed by atoms with van der Waals surface area (Å²) in [5.74, 6) is -1.15. The van der Waals surface area contributed by atoms with Crippen molar-refractivity contribution >= 4 is 22.7 Å². The molecule has 0 saturated carbocycles. The topological polar surface area (TPSA) is 102 Å². The van der Waals surface area contributed by atoms with Crippen molar-refractivity contribution in [1.82, 2.24) is 15.0 Å². The number of aromatic nitrogens is 2. The minimum atomic E-state index is -0.552. The molecule has 2 amide bonds. The predicted octanol–water partition coefficient (Wildman–Crippen LogP) is 1.48. The van der Waals surface area contributed by atoms with Gasteiger partial charge in [-0.1, -0.05) is 42.5 Å². The van der Waals surface area contributed by atoms with E-state index in [9.17, 15) is 14.4 Å². The Morgan fingerprint density at radius 3 is 2.55 bits per heavy atom. The molecule has 8 nitrogen and oxygen atoms in total. The third-order valence-corrected chi connectivity index (χ3v) is 4.23. The number of ether oxygens (including phenoxy) is 1. The second-order valence-corrected chi connectivity index (χ2v) is 6.39. The molecule has 0 spiro atoms. The first-order valence-electron chi connectivity index (χ1n) is 9.23. The standard InChI is InChI=1S/C21H22N4O4/c1-29-13-7-12-22-20(27)19-23-17-11-6-5-10-16(17)21(28)25(19)24-18(26)14-15-8-3-2-4-9-15/h2-6,8-11H,7,12-14H2,1H3,(H,22,27)(H,24,26). The predicted molar refractivity (Wildman–Crippen MR) is 109 cm³/mol. The second-order valence-electron chi connectivity index (χ2n) is 6.39. The van der Waals surface area contributed by atoms with Gasteiger partial charge in [0.2, 0.25) is 11.7 Å². The van der Waals surface area contributed by atoms with Gasteiger partial charge in [0, 0.05) is 20.3 Å². The lowest BCUT2D eigenvalue weighted by Crippen LogP contribution is -2.41.